The summed E-state index contributed by atoms with van der Waals surface area (Å²) < 4.78 is 2.50. The van der Waals surface area contributed by atoms with E-state index in [2.05, 4.69) is 0 Å². The third kappa shape index (κ3) is 1.11. The summed E-state index contributed by atoms with van der Waals surface area (Å²) in [6.45, 7) is 0. The number of nitrogens with zero attached hydrogens (tertiary/aromatic N) is 1. The molecule has 0 aliphatic carbocycles. The first-order chi connectivity index (χ1) is 2.80. The predicted molar refractivity (Wildman–Crippen MR) is 14.3 cm³/mol. The van der Waals surface area contributed by atoms with Crippen molar-refractivity contribution in [2.24, 2.45) is 0 Å². The molecule has 1 fully saturated rings. The molecule has 0 radical (unpaired) electrons. The molecule has 1 rings (SSSR count). The van der Waals surface area contributed by atoms with Crippen LogP contribution < -0.4 is 26.4 Å². The zero-order valence-electron chi connectivity index (χ0n) is 2.83. The van der Waals surface area contributed by atoms with Crippen LogP contribution in [0.25, 0.3) is 0 Å². The average molecular weight is 219 g/mol. The predicted octanol–water partition coefficient (Wildman–Crippen LogP) is -4.18. The van der Waals surface area contributed by atoms with Gasteiger partial charge in [0.05, 0.1) is 0 Å². The van der Waals surface area contributed by atoms with Crippen LogP contribution in [-0.4, -0.2) is 12.0 Å². The Morgan fingerprint density at radius 1 is 2.00 bits per heavy atom. The van der Waals surface area contributed by atoms with Gasteiger partial charge in [-0.25, -0.2) is 0 Å². The Balaban J connectivity index is 2.61. The molecule has 0 bridgehead atoms. The minimum absolute atomic E-state index is 0.0334. The third-order valence-corrected chi connectivity index (χ3v) is 4.62. The molecule has 0 aromatic rings. The first-order valence-electron chi connectivity index (χ1n) is 1.34. The number of alkyl halides is 1. The van der Waals surface area contributed by atoms with E-state index in [1.165, 1.54) is 0 Å². The van der Waals surface area contributed by atoms with E-state index in [1.54, 1.807) is 2.54 Å². The standard InChI is InChI=1S/CH3INO2P/c4-6(5)3-1-2-3/h1H2,(H,4,5). The number of hydrogen-bond donors (Lipinski definition) is 1. The maximum atomic E-state index is 9.86. The van der Waals surface area contributed by atoms with Crippen LogP contribution in [0.2, 0.25) is 0 Å². The molecule has 1 N–H and O–H groups in total. The van der Waals surface area contributed by atoms with Gasteiger partial charge in [-0.1, -0.05) is 0 Å². The van der Waals surface area contributed by atoms with Crippen molar-refractivity contribution in [3.05, 3.63) is 0 Å². The molecule has 1 saturated heterocycles. The quantitative estimate of drug-likeness (QED) is 0.112. The summed E-state index contributed by atoms with van der Waals surface area (Å²) in [5.74, 6) is 0. The normalized spacial score (nSPS) is 28.3. The van der Waals surface area contributed by atoms with Crippen LogP contribution >= 0.6 is 8.17 Å². The molecule has 5 heteroatoms. The second-order valence-electron chi connectivity index (χ2n) is 0.828. The summed E-state index contributed by atoms with van der Waals surface area (Å²) in [5, 5.41) is 0. The van der Waals surface area contributed by atoms with E-state index in [0.29, 0.717) is 0 Å². The van der Waals surface area contributed by atoms with Crippen molar-refractivity contribution in [3.8, 4) is 0 Å². The van der Waals surface area contributed by atoms with Gasteiger partial charge in [-0.3, -0.25) is 0 Å². The van der Waals surface area contributed by atoms with Crippen molar-refractivity contribution in [1.82, 2.24) is 0 Å². The molecule has 0 saturated carbocycles. The van der Waals surface area contributed by atoms with E-state index in [-0.39, 0.29) is 21.5 Å². The van der Waals surface area contributed by atoms with Gasteiger partial charge in [-0.05, 0) is 0 Å². The summed E-state index contributed by atoms with van der Waals surface area (Å²) in [5.41, 5.74) is 0. The fourth-order valence-electron chi connectivity index (χ4n) is 0.115. The molecular weight excluding hydrogens is 216 g/mol. The Hall–Kier alpha value is 0.750. The van der Waals surface area contributed by atoms with Crippen molar-refractivity contribution in [2.75, 3.05) is 4.55 Å². The molecule has 1 aliphatic rings. The minimum atomic E-state index is -1.92. The van der Waals surface area contributed by atoms with Crippen molar-refractivity contribution >= 4 is 8.17 Å². The fraction of sp³-hybridized carbons (Fsp3) is 1.00. The van der Waals surface area contributed by atoms with Gasteiger partial charge in [0.15, 0.2) is 0 Å². The van der Waals surface area contributed by atoms with Gasteiger partial charge in [-0.15, -0.1) is 0 Å². The monoisotopic (exact) mass is 219 g/mol. The van der Waals surface area contributed by atoms with Crippen LogP contribution in [0.4, 0.5) is 0 Å². The van der Waals surface area contributed by atoms with Gasteiger partial charge in [0.25, 0.3) is 0 Å². The molecule has 0 aromatic heterocycles. The molecular formula is CH3INO2P. The summed E-state index contributed by atoms with van der Waals surface area (Å²) in [4.78, 5) is 18.0. The van der Waals surface area contributed by atoms with Gasteiger partial charge >= 0.3 is 46.5 Å². The molecule has 0 spiro atoms. The first-order valence-corrected chi connectivity index (χ1v) is 4.99. The zero-order chi connectivity index (χ0) is 4.57. The van der Waals surface area contributed by atoms with Crippen molar-refractivity contribution in [3.63, 3.8) is 0 Å². The van der Waals surface area contributed by atoms with Crippen molar-refractivity contribution in [1.29, 1.82) is 0 Å². The van der Waals surface area contributed by atoms with E-state index < -0.39 is 8.17 Å². The van der Waals surface area contributed by atoms with Crippen LogP contribution in [0.1, 0.15) is 0 Å². The van der Waals surface area contributed by atoms with Crippen LogP contribution in [0.3, 0.4) is 0 Å². The second kappa shape index (κ2) is 1.69. The van der Waals surface area contributed by atoms with E-state index in [9.17, 15) is 4.89 Å². The van der Waals surface area contributed by atoms with Gasteiger partial charge in [0.1, 0.15) is 0 Å². The Kier molecular flexibility index (Phi) is 1.38. The zero-order valence-corrected chi connectivity index (χ0v) is 5.89. The molecule has 1 unspecified atom stereocenters. The van der Waals surface area contributed by atoms with Gasteiger partial charge in [-0.2, -0.15) is 0 Å². The SMILES string of the molecule is [O-][P+](O)=[N+]1C[I-]1. The molecule has 0 amide bonds. The molecule has 0 aromatic carbocycles. The van der Waals surface area contributed by atoms with Crippen LogP contribution in [0, 0.1) is 0 Å². The van der Waals surface area contributed by atoms with Gasteiger partial charge < -0.3 is 0 Å². The summed E-state index contributed by atoms with van der Waals surface area (Å²) in [6.07, 6.45) is 0. The number of rotatable bonds is 0. The van der Waals surface area contributed by atoms with E-state index >= 15 is 0 Å². The Bertz CT molecular complexity index is 91.7. The molecule has 3 nitrogen and oxygen atoms in total. The Morgan fingerprint density at radius 3 is 2.50 bits per heavy atom. The summed E-state index contributed by atoms with van der Waals surface area (Å²) in [6, 6.07) is 0. The number of hydrogen-bond acceptors (Lipinski definition) is 1. The Labute approximate surface area is 46.9 Å². The van der Waals surface area contributed by atoms with Crippen molar-refractivity contribution < 1.29 is 33.8 Å². The second-order valence-corrected chi connectivity index (χ2v) is 5.11. The Morgan fingerprint density at radius 2 is 2.50 bits per heavy atom. The van der Waals surface area contributed by atoms with Gasteiger partial charge in [0, 0.05) is 0 Å². The topological polar surface area (TPSA) is 46.3 Å². The fourth-order valence-corrected chi connectivity index (χ4v) is 2.32. The molecule has 36 valence electrons. The van der Waals surface area contributed by atoms with E-state index in [0.717, 1.165) is 4.55 Å². The molecule has 1 aliphatic heterocycles. The molecule has 1 heterocycles. The van der Waals surface area contributed by atoms with Crippen molar-refractivity contribution in [2.45, 2.75) is 0 Å². The van der Waals surface area contributed by atoms with Crippen LogP contribution in [0.15, 0.2) is 0 Å². The van der Waals surface area contributed by atoms with E-state index in [1.807, 2.05) is 0 Å². The summed E-state index contributed by atoms with van der Waals surface area (Å²) >= 11 is 0.0334. The maximum absolute atomic E-state index is 9.86. The van der Waals surface area contributed by atoms with Gasteiger partial charge in [0.2, 0.25) is 0 Å². The first kappa shape index (κ1) is 4.90. The summed E-state index contributed by atoms with van der Waals surface area (Å²) in [7, 11) is -1.92. The van der Waals surface area contributed by atoms with Crippen LogP contribution in [-0.2, 0) is 0 Å². The molecule has 6 heavy (non-hydrogen) atoms. The number of halogens is 1. The molecule has 1 atom stereocenters. The van der Waals surface area contributed by atoms with Crippen LogP contribution in [0.5, 0.6) is 0 Å². The third-order valence-electron chi connectivity index (χ3n) is 0.412. The van der Waals surface area contributed by atoms with E-state index in [4.69, 9.17) is 4.89 Å². The average Bonchev–Trinajstić information content (AvgIpc) is 2.06.